The van der Waals surface area contributed by atoms with Crippen LogP contribution in [0, 0.1) is 6.92 Å². The third-order valence-corrected chi connectivity index (χ3v) is 4.85. The van der Waals surface area contributed by atoms with Crippen molar-refractivity contribution in [3.05, 3.63) is 64.8 Å². The Morgan fingerprint density at radius 1 is 1.32 bits per heavy atom. The van der Waals surface area contributed by atoms with Crippen molar-refractivity contribution in [3.8, 4) is 0 Å². The van der Waals surface area contributed by atoms with Crippen LogP contribution in [0.4, 0.5) is 0 Å². The molecule has 25 heavy (non-hydrogen) atoms. The van der Waals surface area contributed by atoms with Crippen molar-refractivity contribution in [2.24, 2.45) is 0 Å². The summed E-state index contributed by atoms with van der Waals surface area (Å²) in [5.41, 5.74) is 3.35. The number of hydrogen-bond donors (Lipinski definition) is 1. The Balaban J connectivity index is 1.77. The number of nitrogens with one attached hydrogen (secondary N) is 1. The summed E-state index contributed by atoms with van der Waals surface area (Å²) in [5.74, 6) is -0.0212. The van der Waals surface area contributed by atoms with Gasteiger partial charge in [-0.15, -0.1) is 0 Å². The molecule has 3 aromatic rings. The zero-order valence-electron chi connectivity index (χ0n) is 13.8. The minimum absolute atomic E-state index is 0.0212. The second-order valence-electron chi connectivity index (χ2n) is 6.11. The van der Waals surface area contributed by atoms with Crippen LogP contribution in [0.3, 0.4) is 0 Å². The van der Waals surface area contributed by atoms with Crippen LogP contribution in [0.2, 0.25) is 5.02 Å². The highest BCUT2D eigenvalue weighted by Gasteiger charge is 2.35. The van der Waals surface area contributed by atoms with Gasteiger partial charge in [-0.3, -0.25) is 14.7 Å². The number of pyridine rings is 2. The zero-order valence-corrected chi connectivity index (χ0v) is 14.6. The third-order valence-electron chi connectivity index (χ3n) is 4.51. The highest BCUT2D eigenvalue weighted by molar-refractivity contribution is 6.31. The van der Waals surface area contributed by atoms with Gasteiger partial charge in [0.25, 0.3) is 0 Å². The molecule has 7 heteroatoms. The van der Waals surface area contributed by atoms with E-state index >= 15 is 0 Å². The highest BCUT2D eigenvalue weighted by atomic mass is 35.5. The summed E-state index contributed by atoms with van der Waals surface area (Å²) in [7, 11) is 0. The van der Waals surface area contributed by atoms with Gasteiger partial charge in [-0.2, -0.15) is 0 Å². The van der Waals surface area contributed by atoms with E-state index in [-0.39, 0.29) is 5.91 Å². The number of aryl methyl sites for hydroxylation is 1. The van der Waals surface area contributed by atoms with E-state index < -0.39 is 6.04 Å². The fourth-order valence-electron chi connectivity index (χ4n) is 3.37. The van der Waals surface area contributed by atoms with Crippen LogP contribution >= 0.6 is 11.6 Å². The minimum atomic E-state index is -0.427. The fourth-order valence-corrected chi connectivity index (χ4v) is 3.55. The SMILES string of the molecule is Cc1nc2ccccn2c1C1C(=O)NCCN1Cc1ncccc1Cl. The van der Waals surface area contributed by atoms with Crippen LogP contribution in [0.25, 0.3) is 5.65 Å². The number of amides is 1. The molecule has 6 nitrogen and oxygen atoms in total. The van der Waals surface area contributed by atoms with Crippen LogP contribution in [0.5, 0.6) is 0 Å². The standard InChI is InChI=1S/C18H18ClN5O/c1-12-16(24-9-3-2-6-15(24)22-12)17-18(25)21-8-10-23(17)11-14-13(19)5-4-7-20-14/h2-7,9,17H,8,10-11H2,1H3,(H,21,25). The van der Waals surface area contributed by atoms with Gasteiger partial charge in [0.2, 0.25) is 5.91 Å². The highest BCUT2D eigenvalue weighted by Crippen LogP contribution is 2.29. The lowest BCUT2D eigenvalue weighted by Gasteiger charge is -2.35. The number of nitrogens with zero attached hydrogens (tertiary/aromatic N) is 4. The van der Waals surface area contributed by atoms with Gasteiger partial charge in [-0.1, -0.05) is 17.7 Å². The normalized spacial score (nSPS) is 18.5. The molecule has 1 atom stereocenters. The van der Waals surface area contributed by atoms with Crippen molar-refractivity contribution in [1.29, 1.82) is 0 Å². The van der Waals surface area contributed by atoms with E-state index in [1.54, 1.807) is 12.3 Å². The van der Waals surface area contributed by atoms with E-state index in [4.69, 9.17) is 11.6 Å². The molecule has 1 saturated heterocycles. The molecule has 0 aliphatic carbocycles. The van der Waals surface area contributed by atoms with Crippen molar-refractivity contribution in [3.63, 3.8) is 0 Å². The lowest BCUT2D eigenvalue weighted by atomic mass is 10.1. The maximum atomic E-state index is 12.7. The number of halogens is 1. The third kappa shape index (κ3) is 2.88. The molecule has 1 N–H and O–H groups in total. The monoisotopic (exact) mass is 355 g/mol. The van der Waals surface area contributed by atoms with Crippen LogP contribution in [-0.2, 0) is 11.3 Å². The second-order valence-corrected chi connectivity index (χ2v) is 6.51. The molecule has 1 aliphatic heterocycles. The molecule has 4 rings (SSSR count). The molecule has 0 spiro atoms. The Morgan fingerprint density at radius 2 is 2.20 bits per heavy atom. The Morgan fingerprint density at radius 3 is 3.04 bits per heavy atom. The van der Waals surface area contributed by atoms with Gasteiger partial charge in [0.15, 0.2) is 0 Å². The smallest absolute Gasteiger partial charge is 0.243 e. The second kappa shape index (κ2) is 6.46. The van der Waals surface area contributed by atoms with Gasteiger partial charge in [0.05, 0.1) is 22.1 Å². The van der Waals surface area contributed by atoms with E-state index in [1.807, 2.05) is 41.8 Å². The van der Waals surface area contributed by atoms with Crippen LogP contribution in [-0.4, -0.2) is 38.3 Å². The summed E-state index contributed by atoms with van der Waals surface area (Å²) in [6.07, 6.45) is 3.66. The van der Waals surface area contributed by atoms with Crippen molar-refractivity contribution < 1.29 is 4.79 Å². The summed E-state index contributed by atoms with van der Waals surface area (Å²) in [6, 6.07) is 9.03. The van der Waals surface area contributed by atoms with Crippen molar-refractivity contribution in [1.82, 2.24) is 24.6 Å². The average Bonchev–Trinajstić information content (AvgIpc) is 2.93. The molecule has 1 fully saturated rings. The van der Waals surface area contributed by atoms with Gasteiger partial charge in [-0.05, 0) is 31.2 Å². The predicted octanol–water partition coefficient (Wildman–Crippen LogP) is 2.36. The molecule has 0 saturated carbocycles. The molecular formula is C18H18ClN5O. The number of imidazole rings is 1. The molecule has 1 unspecified atom stereocenters. The number of fused-ring (bicyclic) bond motifs is 1. The number of carbonyl (C=O) groups is 1. The molecule has 1 aliphatic rings. The Hall–Kier alpha value is -2.44. The molecule has 1 amide bonds. The summed E-state index contributed by atoms with van der Waals surface area (Å²) >= 11 is 6.27. The van der Waals surface area contributed by atoms with Gasteiger partial charge < -0.3 is 9.72 Å². The number of piperazine rings is 1. The first-order chi connectivity index (χ1) is 12.1. The number of hydrogen-bond acceptors (Lipinski definition) is 4. The molecule has 4 heterocycles. The van der Waals surface area contributed by atoms with Gasteiger partial charge in [0, 0.05) is 32.0 Å². The summed E-state index contributed by atoms with van der Waals surface area (Å²) in [4.78, 5) is 23.8. The van der Waals surface area contributed by atoms with Gasteiger partial charge >= 0.3 is 0 Å². The largest absolute Gasteiger partial charge is 0.353 e. The maximum Gasteiger partial charge on any atom is 0.243 e. The minimum Gasteiger partial charge on any atom is -0.353 e. The summed E-state index contributed by atoms with van der Waals surface area (Å²) < 4.78 is 1.98. The first-order valence-corrected chi connectivity index (χ1v) is 8.57. The quantitative estimate of drug-likeness (QED) is 0.783. The summed E-state index contributed by atoms with van der Waals surface area (Å²) in [6.45, 7) is 3.78. The number of aromatic nitrogens is 3. The van der Waals surface area contributed by atoms with Crippen LogP contribution < -0.4 is 5.32 Å². The van der Waals surface area contributed by atoms with Crippen molar-refractivity contribution >= 4 is 23.2 Å². The lowest BCUT2D eigenvalue weighted by molar-refractivity contribution is -0.129. The van der Waals surface area contributed by atoms with E-state index in [1.165, 1.54) is 0 Å². The number of carbonyl (C=O) groups excluding carboxylic acids is 1. The Bertz CT molecular complexity index is 938. The first kappa shape index (κ1) is 16.1. The van der Waals surface area contributed by atoms with Gasteiger partial charge in [0.1, 0.15) is 11.7 Å². The van der Waals surface area contributed by atoms with E-state index in [0.717, 1.165) is 29.3 Å². The Kier molecular flexibility index (Phi) is 4.15. The molecule has 0 aromatic carbocycles. The molecular weight excluding hydrogens is 338 g/mol. The van der Waals surface area contributed by atoms with E-state index in [0.29, 0.717) is 18.1 Å². The zero-order chi connectivity index (χ0) is 17.4. The van der Waals surface area contributed by atoms with Crippen LogP contribution in [0.15, 0.2) is 42.7 Å². The molecule has 0 bridgehead atoms. The predicted molar refractivity (Wildman–Crippen MR) is 95.3 cm³/mol. The Labute approximate surface area is 150 Å². The first-order valence-electron chi connectivity index (χ1n) is 8.20. The number of rotatable bonds is 3. The van der Waals surface area contributed by atoms with E-state index in [2.05, 4.69) is 20.2 Å². The van der Waals surface area contributed by atoms with E-state index in [9.17, 15) is 4.79 Å². The average molecular weight is 356 g/mol. The molecule has 3 aromatic heterocycles. The van der Waals surface area contributed by atoms with Crippen molar-refractivity contribution in [2.45, 2.75) is 19.5 Å². The van der Waals surface area contributed by atoms with Crippen molar-refractivity contribution in [2.75, 3.05) is 13.1 Å². The summed E-state index contributed by atoms with van der Waals surface area (Å²) in [5, 5.41) is 3.58. The van der Waals surface area contributed by atoms with Crippen LogP contribution in [0.1, 0.15) is 23.1 Å². The lowest BCUT2D eigenvalue weighted by Crippen LogP contribution is -2.50. The fraction of sp³-hybridized carbons (Fsp3) is 0.278. The molecule has 128 valence electrons. The topological polar surface area (TPSA) is 62.5 Å². The molecule has 0 radical (unpaired) electrons. The van der Waals surface area contributed by atoms with Gasteiger partial charge in [-0.25, -0.2) is 4.98 Å². The maximum absolute atomic E-state index is 12.7.